The molecule has 1 N–H and O–H groups in total. The van der Waals surface area contributed by atoms with Gasteiger partial charge in [0.05, 0.1) is 0 Å². The minimum Gasteiger partial charge on any atom is -0.311 e. The number of hydrogen-bond donors (Lipinski definition) is 1. The summed E-state index contributed by atoms with van der Waals surface area (Å²) in [7, 11) is 4.28. The van der Waals surface area contributed by atoms with Crippen molar-refractivity contribution in [1.82, 2.24) is 10.2 Å². The Labute approximate surface area is 90.1 Å². The van der Waals surface area contributed by atoms with E-state index in [9.17, 15) is 0 Å². The van der Waals surface area contributed by atoms with Crippen LogP contribution in [0.4, 0.5) is 0 Å². The Kier molecular flexibility index (Phi) is 5.10. The van der Waals surface area contributed by atoms with E-state index in [1.165, 1.54) is 19.5 Å². The molecule has 2 heteroatoms. The van der Waals surface area contributed by atoms with Crippen LogP contribution in [0.2, 0.25) is 0 Å². The van der Waals surface area contributed by atoms with Crippen LogP contribution in [-0.2, 0) is 0 Å². The number of nitrogens with zero attached hydrogens (tertiary/aromatic N) is 1. The molecule has 0 bridgehead atoms. The van der Waals surface area contributed by atoms with Gasteiger partial charge in [-0.1, -0.05) is 20.8 Å². The van der Waals surface area contributed by atoms with E-state index in [4.69, 9.17) is 0 Å². The molecule has 1 fully saturated rings. The molecule has 86 valence electrons. The van der Waals surface area contributed by atoms with E-state index in [2.05, 4.69) is 45.1 Å². The van der Waals surface area contributed by atoms with E-state index < -0.39 is 0 Å². The van der Waals surface area contributed by atoms with Crippen LogP contribution >= 0.6 is 0 Å². The van der Waals surface area contributed by atoms with Gasteiger partial charge in [0.15, 0.2) is 0 Å². The monoisotopic (exact) mass is 200 g/mol. The second-order valence-corrected chi connectivity index (χ2v) is 5.09. The van der Waals surface area contributed by atoms with Gasteiger partial charge in [-0.15, -0.1) is 0 Å². The Morgan fingerprint density at radius 3 is 1.86 bits per heavy atom. The molecule has 0 saturated carbocycles. The Hall–Kier alpha value is -0.0800. The summed E-state index contributed by atoms with van der Waals surface area (Å²) >= 11 is 0. The van der Waals surface area contributed by atoms with Gasteiger partial charge in [-0.05, 0) is 46.3 Å². The highest BCUT2D eigenvalue weighted by Crippen LogP contribution is 2.41. The Bertz CT molecular complexity index is 164. The SMILES string of the molecule is CC.CN(C)CCC1(C)CNC1(C)C. The average Bonchev–Trinajstić information content (AvgIpc) is 2.15. The third kappa shape index (κ3) is 2.96. The third-order valence-electron chi connectivity index (χ3n) is 3.54. The van der Waals surface area contributed by atoms with E-state index in [1.807, 2.05) is 13.8 Å². The number of rotatable bonds is 3. The predicted molar refractivity (Wildman–Crippen MR) is 64.7 cm³/mol. The van der Waals surface area contributed by atoms with Gasteiger partial charge >= 0.3 is 0 Å². The number of hydrogen-bond acceptors (Lipinski definition) is 2. The van der Waals surface area contributed by atoms with Gasteiger partial charge < -0.3 is 10.2 Å². The molecule has 2 nitrogen and oxygen atoms in total. The molecule has 14 heavy (non-hydrogen) atoms. The molecule has 1 heterocycles. The van der Waals surface area contributed by atoms with Crippen LogP contribution in [0.5, 0.6) is 0 Å². The highest BCUT2D eigenvalue weighted by atomic mass is 15.1. The van der Waals surface area contributed by atoms with Crippen molar-refractivity contribution in [2.75, 3.05) is 27.2 Å². The zero-order valence-corrected chi connectivity index (χ0v) is 11.1. The summed E-state index contributed by atoms with van der Waals surface area (Å²) < 4.78 is 0. The van der Waals surface area contributed by atoms with Gasteiger partial charge in [-0.3, -0.25) is 0 Å². The fourth-order valence-electron chi connectivity index (χ4n) is 1.61. The van der Waals surface area contributed by atoms with Crippen molar-refractivity contribution in [2.24, 2.45) is 5.41 Å². The standard InChI is InChI=1S/C10H22N2.C2H6/c1-9(2)10(3,8-11-9)6-7-12(4)5;1-2/h11H,6-8H2,1-5H3;1-2H3. The molecule has 0 spiro atoms. The van der Waals surface area contributed by atoms with E-state index in [1.54, 1.807) is 0 Å². The molecule has 1 aliphatic rings. The summed E-state index contributed by atoms with van der Waals surface area (Å²) in [6.07, 6.45) is 1.29. The van der Waals surface area contributed by atoms with Crippen LogP contribution in [0.3, 0.4) is 0 Å². The van der Waals surface area contributed by atoms with E-state index >= 15 is 0 Å². The quantitative estimate of drug-likeness (QED) is 0.752. The van der Waals surface area contributed by atoms with Gasteiger partial charge in [0, 0.05) is 12.1 Å². The van der Waals surface area contributed by atoms with Crippen molar-refractivity contribution < 1.29 is 0 Å². The maximum atomic E-state index is 3.48. The molecule has 1 rings (SSSR count). The first-order valence-corrected chi connectivity index (χ1v) is 5.77. The summed E-state index contributed by atoms with van der Waals surface area (Å²) in [6, 6.07) is 0. The van der Waals surface area contributed by atoms with E-state index in [0.29, 0.717) is 11.0 Å². The lowest BCUT2D eigenvalue weighted by molar-refractivity contribution is 0.0139. The van der Waals surface area contributed by atoms with Crippen LogP contribution in [0, 0.1) is 5.41 Å². The van der Waals surface area contributed by atoms with Gasteiger partial charge in [-0.25, -0.2) is 0 Å². The minimum absolute atomic E-state index is 0.336. The van der Waals surface area contributed by atoms with Crippen molar-refractivity contribution in [3.8, 4) is 0 Å². The molecular formula is C12H28N2. The molecule has 0 aromatic heterocycles. The van der Waals surface area contributed by atoms with Crippen molar-refractivity contribution in [1.29, 1.82) is 0 Å². The van der Waals surface area contributed by atoms with Crippen LogP contribution < -0.4 is 5.32 Å². The smallest absolute Gasteiger partial charge is 0.0191 e. The highest BCUT2D eigenvalue weighted by Gasteiger charge is 2.48. The topological polar surface area (TPSA) is 15.3 Å². The highest BCUT2D eigenvalue weighted by molar-refractivity contribution is 5.06. The lowest BCUT2D eigenvalue weighted by Gasteiger charge is -2.56. The molecule has 0 aromatic rings. The molecule has 1 aliphatic heterocycles. The Morgan fingerprint density at radius 2 is 1.64 bits per heavy atom. The molecule has 0 aliphatic carbocycles. The lowest BCUT2D eigenvalue weighted by atomic mass is 9.64. The van der Waals surface area contributed by atoms with Gasteiger partial charge in [0.2, 0.25) is 0 Å². The average molecular weight is 200 g/mol. The zero-order valence-electron chi connectivity index (χ0n) is 11.1. The summed E-state index contributed by atoms with van der Waals surface area (Å²) in [5.41, 5.74) is 0.834. The fourth-order valence-corrected chi connectivity index (χ4v) is 1.61. The van der Waals surface area contributed by atoms with Crippen molar-refractivity contribution >= 4 is 0 Å². The van der Waals surface area contributed by atoms with Crippen LogP contribution in [0.15, 0.2) is 0 Å². The predicted octanol–water partition coefficient (Wildman–Crippen LogP) is 2.35. The number of nitrogens with one attached hydrogen (secondary N) is 1. The first-order chi connectivity index (χ1) is 6.37. The summed E-state index contributed by atoms with van der Waals surface area (Å²) in [5.74, 6) is 0. The maximum Gasteiger partial charge on any atom is 0.0191 e. The van der Waals surface area contributed by atoms with E-state index in [-0.39, 0.29) is 0 Å². The van der Waals surface area contributed by atoms with Gasteiger partial charge in [0.25, 0.3) is 0 Å². The van der Waals surface area contributed by atoms with Crippen LogP contribution in [0.25, 0.3) is 0 Å². The first-order valence-electron chi connectivity index (χ1n) is 5.77. The summed E-state index contributed by atoms with van der Waals surface area (Å²) in [4.78, 5) is 2.26. The zero-order chi connectivity index (χ0) is 11.4. The molecular weight excluding hydrogens is 172 g/mol. The molecule has 1 saturated heterocycles. The maximum absolute atomic E-state index is 3.48. The second-order valence-electron chi connectivity index (χ2n) is 5.09. The third-order valence-corrected chi connectivity index (χ3v) is 3.54. The molecule has 1 atom stereocenters. The minimum atomic E-state index is 0.336. The summed E-state index contributed by atoms with van der Waals surface area (Å²) in [5, 5.41) is 3.48. The van der Waals surface area contributed by atoms with E-state index in [0.717, 1.165) is 0 Å². The molecule has 1 unspecified atom stereocenters. The van der Waals surface area contributed by atoms with Crippen molar-refractivity contribution in [2.45, 2.75) is 46.6 Å². The fraction of sp³-hybridized carbons (Fsp3) is 1.00. The lowest BCUT2D eigenvalue weighted by Crippen LogP contribution is -2.68. The largest absolute Gasteiger partial charge is 0.311 e. The van der Waals surface area contributed by atoms with Crippen molar-refractivity contribution in [3.63, 3.8) is 0 Å². The Balaban J connectivity index is 0.000000791. The normalized spacial score (nSPS) is 29.1. The molecule has 0 aromatic carbocycles. The second kappa shape index (κ2) is 5.13. The van der Waals surface area contributed by atoms with Gasteiger partial charge in [0.1, 0.15) is 0 Å². The molecule has 0 radical (unpaired) electrons. The van der Waals surface area contributed by atoms with Crippen LogP contribution in [0.1, 0.15) is 41.0 Å². The van der Waals surface area contributed by atoms with Crippen LogP contribution in [-0.4, -0.2) is 37.6 Å². The van der Waals surface area contributed by atoms with Gasteiger partial charge in [-0.2, -0.15) is 0 Å². The summed E-state index contributed by atoms with van der Waals surface area (Å²) in [6.45, 7) is 13.3. The first kappa shape index (κ1) is 13.9. The van der Waals surface area contributed by atoms with Crippen molar-refractivity contribution in [3.05, 3.63) is 0 Å². The molecule has 0 amide bonds. The Morgan fingerprint density at radius 1 is 1.14 bits per heavy atom.